The lowest BCUT2D eigenvalue weighted by Crippen LogP contribution is -2.39. The number of allylic oxidation sites excluding steroid dienone is 1. The van der Waals surface area contributed by atoms with Crippen LogP contribution in [-0.4, -0.2) is 31.2 Å². The molecule has 0 saturated heterocycles. The first kappa shape index (κ1) is 16.4. The van der Waals surface area contributed by atoms with Crippen LogP contribution in [0.4, 0.5) is 4.79 Å². The van der Waals surface area contributed by atoms with E-state index in [9.17, 15) is 4.79 Å². The minimum Gasteiger partial charge on any atom is -0.505 e. The Hall–Kier alpha value is -1.97. The van der Waals surface area contributed by atoms with Crippen LogP contribution >= 0.6 is 0 Å². The molecule has 0 spiro atoms. The Morgan fingerprint density at radius 3 is 2.55 bits per heavy atom. The zero-order chi connectivity index (χ0) is 15.8. The Balaban J connectivity index is 1.76. The van der Waals surface area contributed by atoms with Gasteiger partial charge in [0.25, 0.3) is 0 Å². The number of hydrogen-bond acceptors (Lipinski definition) is 3. The fourth-order valence-corrected chi connectivity index (χ4v) is 2.84. The van der Waals surface area contributed by atoms with E-state index in [4.69, 9.17) is 9.47 Å². The van der Waals surface area contributed by atoms with Crippen molar-refractivity contribution in [1.29, 1.82) is 0 Å². The summed E-state index contributed by atoms with van der Waals surface area (Å²) >= 11 is 0. The van der Waals surface area contributed by atoms with Crippen LogP contribution in [0, 0.1) is 5.92 Å². The molecular formula is C18H25NO3. The highest BCUT2D eigenvalue weighted by Gasteiger charge is 2.26. The van der Waals surface area contributed by atoms with Gasteiger partial charge in [0.05, 0.1) is 13.4 Å². The van der Waals surface area contributed by atoms with E-state index in [2.05, 4.69) is 6.08 Å². The van der Waals surface area contributed by atoms with Gasteiger partial charge >= 0.3 is 6.09 Å². The van der Waals surface area contributed by atoms with Crippen molar-refractivity contribution in [3.05, 3.63) is 48.2 Å². The average Bonchev–Trinajstić information content (AvgIpc) is 2.58. The molecule has 0 aliphatic heterocycles. The second-order valence-corrected chi connectivity index (χ2v) is 5.78. The summed E-state index contributed by atoms with van der Waals surface area (Å²) in [5.74, 6) is 0.560. The number of carbonyl (C=O) groups excluding carboxylic acids is 1. The van der Waals surface area contributed by atoms with Crippen LogP contribution in [0.15, 0.2) is 42.7 Å². The van der Waals surface area contributed by atoms with Crippen molar-refractivity contribution >= 4 is 6.09 Å². The van der Waals surface area contributed by atoms with Crippen LogP contribution in [0.25, 0.3) is 0 Å². The predicted octanol–water partition coefficient (Wildman–Crippen LogP) is 3.97. The molecule has 1 aromatic carbocycles. The molecule has 2 rings (SSSR count). The fourth-order valence-electron chi connectivity index (χ4n) is 2.84. The molecule has 1 fully saturated rings. The molecule has 0 atom stereocenters. The second-order valence-electron chi connectivity index (χ2n) is 5.78. The monoisotopic (exact) mass is 303 g/mol. The lowest BCUT2D eigenvalue weighted by Gasteiger charge is -2.33. The molecule has 120 valence electrons. The van der Waals surface area contributed by atoms with Crippen LogP contribution in [0.5, 0.6) is 0 Å². The largest absolute Gasteiger partial charge is 0.505 e. The summed E-state index contributed by atoms with van der Waals surface area (Å²) in [6.45, 7) is 0.329. The summed E-state index contributed by atoms with van der Waals surface area (Å²) < 4.78 is 10.4. The number of methoxy groups -OCH3 is 1. The Morgan fingerprint density at radius 2 is 1.91 bits per heavy atom. The summed E-state index contributed by atoms with van der Waals surface area (Å²) in [6.07, 6.45) is 7.82. The predicted molar refractivity (Wildman–Crippen MR) is 86.3 cm³/mol. The van der Waals surface area contributed by atoms with Crippen molar-refractivity contribution in [3.63, 3.8) is 0 Å². The molecule has 0 radical (unpaired) electrons. The highest BCUT2D eigenvalue weighted by molar-refractivity contribution is 5.67. The lowest BCUT2D eigenvalue weighted by atomic mass is 9.85. The highest BCUT2D eigenvalue weighted by atomic mass is 16.6. The second kappa shape index (κ2) is 8.47. The van der Waals surface area contributed by atoms with Crippen molar-refractivity contribution < 1.29 is 14.3 Å². The maximum Gasteiger partial charge on any atom is 0.410 e. The summed E-state index contributed by atoms with van der Waals surface area (Å²) in [6, 6.07) is 10.0. The Bertz CT molecular complexity index is 478. The number of hydrogen-bond donors (Lipinski definition) is 0. The molecule has 1 aromatic rings. The van der Waals surface area contributed by atoms with Gasteiger partial charge in [-0.3, -0.25) is 0 Å². The summed E-state index contributed by atoms with van der Waals surface area (Å²) in [5.41, 5.74) is 1.01. The van der Waals surface area contributed by atoms with E-state index in [1.54, 1.807) is 18.3 Å². The third-order valence-corrected chi connectivity index (χ3v) is 4.27. The van der Waals surface area contributed by atoms with Crippen LogP contribution in [0.1, 0.15) is 31.2 Å². The number of nitrogens with zero attached hydrogens (tertiary/aromatic N) is 1. The topological polar surface area (TPSA) is 38.8 Å². The molecule has 0 N–H and O–H groups in total. The maximum atomic E-state index is 12.1. The van der Waals surface area contributed by atoms with Gasteiger partial charge in [0.2, 0.25) is 0 Å². The van der Waals surface area contributed by atoms with Crippen molar-refractivity contribution in [3.8, 4) is 0 Å². The van der Waals surface area contributed by atoms with Gasteiger partial charge in [-0.15, -0.1) is 0 Å². The molecule has 1 aliphatic rings. The molecule has 4 nitrogen and oxygen atoms in total. The molecule has 1 saturated carbocycles. The van der Waals surface area contributed by atoms with Gasteiger partial charge in [-0.2, -0.15) is 0 Å². The maximum absolute atomic E-state index is 12.1. The van der Waals surface area contributed by atoms with Crippen molar-refractivity contribution in [2.24, 2.45) is 5.92 Å². The van der Waals surface area contributed by atoms with Crippen molar-refractivity contribution in [2.75, 3.05) is 14.2 Å². The molecule has 0 unspecified atom stereocenters. The first-order chi connectivity index (χ1) is 10.7. The number of amides is 1. The SMILES string of the molecule is CO/C=C/C1CCC(N(C)C(=O)OCc2ccccc2)CC1. The molecule has 1 aliphatic carbocycles. The van der Waals surface area contributed by atoms with Gasteiger partial charge in [-0.25, -0.2) is 4.79 Å². The first-order valence-corrected chi connectivity index (χ1v) is 7.83. The Labute approximate surface area is 132 Å². The van der Waals surface area contributed by atoms with Crippen molar-refractivity contribution in [2.45, 2.75) is 38.3 Å². The minimum atomic E-state index is -0.236. The number of benzene rings is 1. The zero-order valence-corrected chi connectivity index (χ0v) is 13.4. The molecule has 22 heavy (non-hydrogen) atoms. The third-order valence-electron chi connectivity index (χ3n) is 4.27. The van der Waals surface area contributed by atoms with E-state index in [0.29, 0.717) is 12.5 Å². The number of carbonyl (C=O) groups is 1. The van der Waals surface area contributed by atoms with Crippen LogP contribution < -0.4 is 0 Å². The van der Waals surface area contributed by atoms with E-state index in [-0.39, 0.29) is 12.1 Å². The normalized spacial score (nSPS) is 21.5. The smallest absolute Gasteiger partial charge is 0.410 e. The van der Waals surface area contributed by atoms with E-state index in [1.165, 1.54) is 0 Å². The highest BCUT2D eigenvalue weighted by Crippen LogP contribution is 2.28. The van der Waals surface area contributed by atoms with E-state index in [0.717, 1.165) is 31.2 Å². The van der Waals surface area contributed by atoms with Crippen LogP contribution in [0.2, 0.25) is 0 Å². The molecular weight excluding hydrogens is 278 g/mol. The van der Waals surface area contributed by atoms with Crippen molar-refractivity contribution in [1.82, 2.24) is 4.90 Å². The van der Waals surface area contributed by atoms with Gasteiger partial charge < -0.3 is 14.4 Å². The number of rotatable bonds is 5. The summed E-state index contributed by atoms with van der Waals surface area (Å²) in [5, 5.41) is 0. The van der Waals surface area contributed by atoms with Gasteiger partial charge in [0.15, 0.2) is 0 Å². The fraction of sp³-hybridized carbons (Fsp3) is 0.500. The molecule has 0 aromatic heterocycles. The number of ether oxygens (including phenoxy) is 2. The first-order valence-electron chi connectivity index (χ1n) is 7.83. The van der Waals surface area contributed by atoms with E-state index >= 15 is 0 Å². The quantitative estimate of drug-likeness (QED) is 0.772. The Morgan fingerprint density at radius 1 is 1.23 bits per heavy atom. The molecule has 0 bridgehead atoms. The lowest BCUT2D eigenvalue weighted by molar-refractivity contribution is 0.0810. The average molecular weight is 303 g/mol. The molecule has 0 heterocycles. The van der Waals surface area contributed by atoms with Gasteiger partial charge in [0, 0.05) is 13.1 Å². The van der Waals surface area contributed by atoms with Crippen LogP contribution in [0.3, 0.4) is 0 Å². The Kier molecular flexibility index (Phi) is 6.31. The minimum absolute atomic E-state index is 0.236. The third kappa shape index (κ3) is 4.79. The van der Waals surface area contributed by atoms with Crippen LogP contribution in [-0.2, 0) is 16.1 Å². The summed E-state index contributed by atoms with van der Waals surface area (Å²) in [7, 11) is 3.50. The zero-order valence-electron chi connectivity index (χ0n) is 13.4. The standard InChI is InChI=1S/C18H25NO3/c1-19(17-10-8-15(9-11-17)12-13-21-2)18(20)22-14-16-6-4-3-5-7-16/h3-7,12-13,15,17H,8-11,14H2,1-2H3/b13-12+. The molecule has 4 heteroatoms. The van der Waals surface area contributed by atoms with Gasteiger partial charge in [-0.1, -0.05) is 30.3 Å². The van der Waals surface area contributed by atoms with Gasteiger partial charge in [0.1, 0.15) is 6.61 Å². The molecule has 1 amide bonds. The van der Waals surface area contributed by atoms with Gasteiger partial charge in [-0.05, 0) is 43.2 Å². The summed E-state index contributed by atoms with van der Waals surface area (Å²) in [4.78, 5) is 13.9. The van der Waals surface area contributed by atoms with E-state index in [1.807, 2.05) is 37.4 Å². The van der Waals surface area contributed by atoms with E-state index < -0.39 is 0 Å².